The van der Waals surface area contributed by atoms with E-state index in [1.54, 1.807) is 0 Å². The van der Waals surface area contributed by atoms with E-state index in [2.05, 4.69) is 4.72 Å². The number of sulfonamides is 1. The van der Waals surface area contributed by atoms with Crippen LogP contribution in [0.1, 0.15) is 5.56 Å². The summed E-state index contributed by atoms with van der Waals surface area (Å²) in [6, 6.07) is 3.09. The van der Waals surface area contributed by atoms with Crippen LogP contribution in [0.2, 0.25) is 0 Å². The van der Waals surface area contributed by atoms with Crippen LogP contribution in [0.3, 0.4) is 0 Å². The molecular formula is C9H11F2NO2S. The number of rotatable bonds is 4. The minimum Gasteiger partial charge on any atom is -0.215 e. The Labute approximate surface area is 87.2 Å². The van der Waals surface area contributed by atoms with Crippen LogP contribution in [0.25, 0.3) is 0 Å². The Morgan fingerprint density at radius 3 is 2.60 bits per heavy atom. The van der Waals surface area contributed by atoms with Crippen LogP contribution in [0.4, 0.5) is 8.78 Å². The predicted octanol–water partition coefficient (Wildman–Crippen LogP) is 1.06. The molecule has 0 heterocycles. The van der Waals surface area contributed by atoms with E-state index >= 15 is 0 Å². The van der Waals surface area contributed by atoms with Crippen molar-refractivity contribution in [2.75, 3.05) is 12.8 Å². The summed E-state index contributed by atoms with van der Waals surface area (Å²) in [5.74, 6) is -1.07. The van der Waals surface area contributed by atoms with E-state index in [9.17, 15) is 17.2 Å². The van der Waals surface area contributed by atoms with Crippen LogP contribution >= 0.6 is 0 Å². The van der Waals surface area contributed by atoms with Crippen LogP contribution in [0, 0.1) is 11.6 Å². The number of halogens is 2. The van der Waals surface area contributed by atoms with Gasteiger partial charge in [0.15, 0.2) is 0 Å². The molecule has 0 radical (unpaired) electrons. The first-order valence-corrected chi connectivity index (χ1v) is 6.16. The van der Waals surface area contributed by atoms with Crippen molar-refractivity contribution in [2.24, 2.45) is 0 Å². The summed E-state index contributed by atoms with van der Waals surface area (Å²) < 4.78 is 49.3. The van der Waals surface area contributed by atoms with Crippen LogP contribution < -0.4 is 4.72 Å². The fraction of sp³-hybridized carbons (Fsp3) is 0.333. The van der Waals surface area contributed by atoms with Gasteiger partial charge < -0.3 is 0 Å². The van der Waals surface area contributed by atoms with Gasteiger partial charge >= 0.3 is 0 Å². The van der Waals surface area contributed by atoms with E-state index in [0.717, 1.165) is 24.5 Å². The van der Waals surface area contributed by atoms with E-state index in [1.807, 2.05) is 0 Å². The lowest BCUT2D eigenvalue weighted by molar-refractivity contribution is 0.575. The van der Waals surface area contributed by atoms with Crippen LogP contribution in [0.15, 0.2) is 18.2 Å². The van der Waals surface area contributed by atoms with Crippen LogP contribution in [0.5, 0.6) is 0 Å². The second-order valence-corrected chi connectivity index (χ2v) is 4.99. The third kappa shape index (κ3) is 4.35. The first-order chi connectivity index (χ1) is 6.88. The maximum absolute atomic E-state index is 13.0. The molecule has 3 nitrogen and oxygen atoms in total. The molecule has 0 amide bonds. The van der Waals surface area contributed by atoms with Gasteiger partial charge in [-0.25, -0.2) is 21.9 Å². The lowest BCUT2D eigenvalue weighted by atomic mass is 10.1. The van der Waals surface area contributed by atoms with E-state index in [4.69, 9.17) is 0 Å². The monoisotopic (exact) mass is 235 g/mol. The van der Waals surface area contributed by atoms with Gasteiger partial charge in [-0.3, -0.25) is 0 Å². The summed E-state index contributed by atoms with van der Waals surface area (Å²) in [6.07, 6.45) is 1.13. The second kappa shape index (κ2) is 4.67. The molecule has 0 unspecified atom stereocenters. The molecule has 0 saturated heterocycles. The SMILES string of the molecule is CS(=O)(=O)NCCc1cc(F)ccc1F. The number of hydrogen-bond acceptors (Lipinski definition) is 2. The highest BCUT2D eigenvalue weighted by Crippen LogP contribution is 2.09. The zero-order valence-corrected chi connectivity index (χ0v) is 8.94. The molecule has 84 valence electrons. The molecule has 1 aromatic carbocycles. The average Bonchev–Trinajstić information content (AvgIpc) is 2.09. The second-order valence-electron chi connectivity index (χ2n) is 3.15. The van der Waals surface area contributed by atoms with Gasteiger partial charge in [0, 0.05) is 6.54 Å². The Balaban J connectivity index is 2.61. The minimum atomic E-state index is -3.28. The summed E-state index contributed by atoms with van der Waals surface area (Å²) in [4.78, 5) is 0. The topological polar surface area (TPSA) is 46.2 Å². The van der Waals surface area contributed by atoms with Crippen molar-refractivity contribution in [1.29, 1.82) is 0 Å². The molecule has 6 heteroatoms. The van der Waals surface area contributed by atoms with Crippen molar-refractivity contribution in [1.82, 2.24) is 4.72 Å². The number of benzene rings is 1. The van der Waals surface area contributed by atoms with Crippen molar-refractivity contribution < 1.29 is 17.2 Å². The average molecular weight is 235 g/mol. The van der Waals surface area contributed by atoms with Gasteiger partial charge in [-0.05, 0) is 30.2 Å². The maximum atomic E-state index is 13.0. The van der Waals surface area contributed by atoms with Crippen molar-refractivity contribution in [3.8, 4) is 0 Å². The van der Waals surface area contributed by atoms with Gasteiger partial charge in [-0.1, -0.05) is 0 Å². The maximum Gasteiger partial charge on any atom is 0.208 e. The zero-order valence-electron chi connectivity index (χ0n) is 8.13. The standard InChI is InChI=1S/C9H11F2NO2S/c1-15(13,14)12-5-4-7-6-8(10)2-3-9(7)11/h2-3,6,12H,4-5H2,1H3. The highest BCUT2D eigenvalue weighted by Gasteiger charge is 2.05. The highest BCUT2D eigenvalue weighted by atomic mass is 32.2. The summed E-state index contributed by atoms with van der Waals surface area (Å²) in [6.45, 7) is 0.0548. The minimum absolute atomic E-state index is 0.0548. The molecule has 0 spiro atoms. The lowest BCUT2D eigenvalue weighted by Crippen LogP contribution is -2.24. The van der Waals surface area contributed by atoms with Crippen molar-refractivity contribution in [3.05, 3.63) is 35.4 Å². The van der Waals surface area contributed by atoms with Crippen molar-refractivity contribution in [3.63, 3.8) is 0 Å². The molecule has 0 aliphatic carbocycles. The fourth-order valence-corrected chi connectivity index (χ4v) is 1.58. The molecule has 15 heavy (non-hydrogen) atoms. The Bertz CT molecular complexity index is 445. The number of nitrogens with one attached hydrogen (secondary N) is 1. The van der Waals surface area contributed by atoms with E-state index in [0.29, 0.717) is 0 Å². The van der Waals surface area contributed by atoms with Gasteiger partial charge in [-0.2, -0.15) is 0 Å². The first kappa shape index (κ1) is 12.1. The van der Waals surface area contributed by atoms with Gasteiger partial charge in [0.25, 0.3) is 0 Å². The summed E-state index contributed by atoms with van der Waals surface area (Å²) in [5.41, 5.74) is 0.158. The molecule has 0 aliphatic rings. The third-order valence-corrected chi connectivity index (χ3v) is 2.49. The van der Waals surface area contributed by atoms with Crippen LogP contribution in [-0.2, 0) is 16.4 Å². The molecule has 0 atom stereocenters. The van der Waals surface area contributed by atoms with Gasteiger partial charge in [0.2, 0.25) is 10.0 Å². The summed E-state index contributed by atoms with van der Waals surface area (Å²) >= 11 is 0. The summed E-state index contributed by atoms with van der Waals surface area (Å²) in [5, 5.41) is 0. The molecule has 0 bridgehead atoms. The Morgan fingerprint density at radius 1 is 1.33 bits per heavy atom. The molecule has 1 rings (SSSR count). The third-order valence-electron chi connectivity index (χ3n) is 1.77. The van der Waals surface area contributed by atoms with Crippen LogP contribution in [-0.4, -0.2) is 21.2 Å². The number of hydrogen-bond donors (Lipinski definition) is 1. The van der Waals surface area contributed by atoms with Gasteiger partial charge in [0.1, 0.15) is 11.6 Å². The van der Waals surface area contributed by atoms with Gasteiger partial charge in [-0.15, -0.1) is 0 Å². The quantitative estimate of drug-likeness (QED) is 0.848. The van der Waals surface area contributed by atoms with Gasteiger partial charge in [0.05, 0.1) is 6.26 Å². The molecule has 1 N–H and O–H groups in total. The molecule has 0 aliphatic heterocycles. The van der Waals surface area contributed by atoms with Crippen molar-refractivity contribution >= 4 is 10.0 Å². The first-order valence-electron chi connectivity index (χ1n) is 4.27. The predicted molar refractivity (Wildman–Crippen MR) is 52.9 cm³/mol. The Hall–Kier alpha value is -1.01. The Kier molecular flexibility index (Phi) is 3.76. The molecule has 1 aromatic rings. The molecule has 0 aromatic heterocycles. The lowest BCUT2D eigenvalue weighted by Gasteiger charge is -2.04. The normalized spacial score (nSPS) is 11.7. The van der Waals surface area contributed by atoms with E-state index < -0.39 is 21.7 Å². The van der Waals surface area contributed by atoms with Crippen molar-refractivity contribution in [2.45, 2.75) is 6.42 Å². The zero-order chi connectivity index (χ0) is 11.5. The molecule has 0 fully saturated rings. The smallest absolute Gasteiger partial charge is 0.208 e. The Morgan fingerprint density at radius 2 is 2.00 bits per heavy atom. The fourth-order valence-electron chi connectivity index (χ4n) is 1.11. The molecule has 0 saturated carbocycles. The highest BCUT2D eigenvalue weighted by molar-refractivity contribution is 7.88. The van der Waals surface area contributed by atoms with E-state index in [1.165, 1.54) is 0 Å². The largest absolute Gasteiger partial charge is 0.215 e. The molecular weight excluding hydrogens is 224 g/mol. The van der Waals surface area contributed by atoms with E-state index in [-0.39, 0.29) is 18.5 Å². The summed E-state index contributed by atoms with van der Waals surface area (Å²) in [7, 11) is -3.28.